The van der Waals surface area contributed by atoms with Crippen LogP contribution in [0.3, 0.4) is 0 Å². The highest BCUT2D eigenvalue weighted by molar-refractivity contribution is 7.85. The Morgan fingerprint density at radius 1 is 1.25 bits per heavy atom. The highest BCUT2D eigenvalue weighted by atomic mass is 32.2. The summed E-state index contributed by atoms with van der Waals surface area (Å²) in [4.78, 5) is 21.9. The monoisotopic (exact) mass is 353 g/mol. The molecule has 4 N–H and O–H groups in total. The first kappa shape index (κ1) is 19.1. The van der Waals surface area contributed by atoms with Crippen LogP contribution in [0.4, 0.5) is 5.69 Å². The van der Waals surface area contributed by atoms with Crippen molar-refractivity contribution in [2.75, 3.05) is 11.9 Å². The van der Waals surface area contributed by atoms with Crippen LogP contribution < -0.4 is 10.6 Å². The van der Waals surface area contributed by atoms with Crippen molar-refractivity contribution in [1.29, 1.82) is 5.26 Å². The molecule has 1 amide bonds. The van der Waals surface area contributed by atoms with Gasteiger partial charge in [-0.2, -0.15) is 13.7 Å². The average Bonchev–Trinajstić information content (AvgIpc) is 2.50. The Hall–Kier alpha value is -2.90. The second-order valence-corrected chi connectivity index (χ2v) is 6.00. The smallest absolute Gasteiger partial charge is 0.303 e. The Morgan fingerprint density at radius 3 is 2.38 bits per heavy atom. The van der Waals surface area contributed by atoms with Crippen LogP contribution in [-0.2, 0) is 19.7 Å². The van der Waals surface area contributed by atoms with E-state index in [-0.39, 0.29) is 29.1 Å². The first-order valence-corrected chi connectivity index (χ1v) is 8.12. The Balaban J connectivity index is 2.64. The van der Waals surface area contributed by atoms with Gasteiger partial charge in [0.2, 0.25) is 0 Å². The van der Waals surface area contributed by atoms with Gasteiger partial charge < -0.3 is 15.7 Å². The molecule has 0 aliphatic rings. The fourth-order valence-electron chi connectivity index (χ4n) is 1.57. The van der Waals surface area contributed by atoms with E-state index >= 15 is 0 Å². The van der Waals surface area contributed by atoms with Gasteiger partial charge in [-0.25, -0.2) is 0 Å². The van der Waals surface area contributed by atoms with E-state index in [4.69, 9.17) is 14.9 Å². The van der Waals surface area contributed by atoms with Crippen molar-refractivity contribution in [3.63, 3.8) is 0 Å². The second kappa shape index (κ2) is 8.66. The SMILES string of the molecule is N#C/C(=C/NCCCC(=O)O)C(=O)Nc1ccc(S(=O)(=O)O)cc1. The molecule has 0 atom stereocenters. The lowest BCUT2D eigenvalue weighted by atomic mass is 10.2. The van der Waals surface area contributed by atoms with Gasteiger partial charge >= 0.3 is 5.97 Å². The highest BCUT2D eigenvalue weighted by Crippen LogP contribution is 2.14. The van der Waals surface area contributed by atoms with Crippen molar-refractivity contribution in [3.05, 3.63) is 36.0 Å². The van der Waals surface area contributed by atoms with Gasteiger partial charge in [0.05, 0.1) is 4.90 Å². The summed E-state index contributed by atoms with van der Waals surface area (Å²) in [7, 11) is -4.32. The molecule has 0 bridgehead atoms. The van der Waals surface area contributed by atoms with Crippen LogP contribution >= 0.6 is 0 Å². The van der Waals surface area contributed by atoms with Crippen molar-refractivity contribution in [3.8, 4) is 6.07 Å². The zero-order valence-corrected chi connectivity index (χ0v) is 13.2. The van der Waals surface area contributed by atoms with Gasteiger partial charge in [-0.3, -0.25) is 14.1 Å². The highest BCUT2D eigenvalue weighted by Gasteiger charge is 2.11. The second-order valence-electron chi connectivity index (χ2n) is 4.57. The van der Waals surface area contributed by atoms with Gasteiger partial charge in [-0.05, 0) is 30.7 Å². The molecule has 1 rings (SSSR count). The third-order valence-electron chi connectivity index (χ3n) is 2.73. The number of hydrogen-bond acceptors (Lipinski definition) is 6. The number of rotatable bonds is 8. The lowest BCUT2D eigenvalue weighted by Gasteiger charge is -2.05. The van der Waals surface area contributed by atoms with Gasteiger partial charge in [0.15, 0.2) is 0 Å². The number of hydrogen-bond donors (Lipinski definition) is 4. The Kier molecular flexibility index (Phi) is 6.91. The standard InChI is InChI=1S/C14H15N3O6S/c15-8-10(9-16-7-1-2-13(18)19)14(20)17-11-3-5-12(6-4-11)24(21,22)23/h3-6,9,16H,1-2,7H2,(H,17,20)(H,18,19)(H,21,22,23)/b10-9-. The van der Waals surface area contributed by atoms with Crippen molar-refractivity contribution in [2.45, 2.75) is 17.7 Å². The number of amides is 1. The van der Waals surface area contributed by atoms with E-state index in [1.54, 1.807) is 6.07 Å². The summed E-state index contributed by atoms with van der Waals surface area (Å²) in [5.74, 6) is -1.66. The quantitative estimate of drug-likeness (QED) is 0.231. The fourth-order valence-corrected chi connectivity index (χ4v) is 2.05. The molecule has 0 saturated heterocycles. The van der Waals surface area contributed by atoms with Crippen LogP contribution in [0.2, 0.25) is 0 Å². The van der Waals surface area contributed by atoms with Crippen LogP contribution in [0.25, 0.3) is 0 Å². The summed E-state index contributed by atoms with van der Waals surface area (Å²) >= 11 is 0. The van der Waals surface area contributed by atoms with E-state index < -0.39 is 22.0 Å². The minimum absolute atomic E-state index is 0.0327. The van der Waals surface area contributed by atoms with E-state index in [0.717, 1.165) is 12.1 Å². The molecule has 0 unspecified atom stereocenters. The third kappa shape index (κ3) is 6.47. The van der Waals surface area contributed by atoms with E-state index in [1.165, 1.54) is 18.3 Å². The third-order valence-corrected chi connectivity index (χ3v) is 3.60. The summed E-state index contributed by atoms with van der Waals surface area (Å²) in [5, 5.41) is 22.5. The molecule has 1 aromatic rings. The van der Waals surface area contributed by atoms with Crippen molar-refractivity contribution in [2.24, 2.45) is 0 Å². The molecule has 0 spiro atoms. The summed E-state index contributed by atoms with van der Waals surface area (Å²) in [6, 6.07) is 6.42. The summed E-state index contributed by atoms with van der Waals surface area (Å²) in [5.41, 5.74) is 0.00334. The lowest BCUT2D eigenvalue weighted by molar-refractivity contribution is -0.137. The Morgan fingerprint density at radius 2 is 1.88 bits per heavy atom. The normalized spacial score (nSPS) is 11.4. The largest absolute Gasteiger partial charge is 0.481 e. The molecule has 24 heavy (non-hydrogen) atoms. The number of carbonyl (C=O) groups excluding carboxylic acids is 1. The molecule has 9 nitrogen and oxygen atoms in total. The van der Waals surface area contributed by atoms with E-state index in [9.17, 15) is 18.0 Å². The minimum atomic E-state index is -4.32. The summed E-state index contributed by atoms with van der Waals surface area (Å²) < 4.78 is 30.7. The van der Waals surface area contributed by atoms with E-state index in [2.05, 4.69) is 10.6 Å². The number of carboxylic acid groups (broad SMARTS) is 1. The number of nitriles is 1. The average molecular weight is 353 g/mol. The number of carbonyl (C=O) groups is 2. The number of benzene rings is 1. The molecular weight excluding hydrogens is 338 g/mol. The van der Waals surface area contributed by atoms with Crippen molar-refractivity contribution in [1.82, 2.24) is 5.32 Å². The molecule has 0 aromatic heterocycles. The predicted molar refractivity (Wildman–Crippen MR) is 83.5 cm³/mol. The maximum absolute atomic E-state index is 11.9. The van der Waals surface area contributed by atoms with Gasteiger partial charge in [0.1, 0.15) is 11.6 Å². The van der Waals surface area contributed by atoms with Gasteiger partial charge in [0.25, 0.3) is 16.0 Å². The zero-order chi connectivity index (χ0) is 18.2. The van der Waals surface area contributed by atoms with Crippen LogP contribution in [0.5, 0.6) is 0 Å². The number of aliphatic carboxylic acids is 1. The number of carboxylic acids is 1. The van der Waals surface area contributed by atoms with E-state index in [1.807, 2.05) is 0 Å². The molecule has 1 aromatic carbocycles. The molecule has 0 aliphatic carbocycles. The van der Waals surface area contributed by atoms with Gasteiger partial charge in [-0.15, -0.1) is 0 Å². The van der Waals surface area contributed by atoms with Crippen LogP contribution in [-0.4, -0.2) is 36.5 Å². The maximum atomic E-state index is 11.9. The number of anilines is 1. The zero-order valence-electron chi connectivity index (χ0n) is 12.4. The molecule has 0 heterocycles. The molecule has 0 radical (unpaired) electrons. The van der Waals surface area contributed by atoms with Gasteiger partial charge in [0, 0.05) is 24.9 Å². The van der Waals surface area contributed by atoms with Gasteiger partial charge in [-0.1, -0.05) is 0 Å². The topological polar surface area (TPSA) is 157 Å². The summed E-state index contributed by atoms with van der Waals surface area (Å²) in [6.45, 7) is 0.286. The van der Waals surface area contributed by atoms with Crippen LogP contribution in [0, 0.1) is 11.3 Å². The minimum Gasteiger partial charge on any atom is -0.481 e. The molecule has 0 fully saturated rings. The molecule has 128 valence electrons. The predicted octanol–water partition coefficient (Wildman–Crippen LogP) is 0.734. The van der Waals surface area contributed by atoms with Crippen molar-refractivity contribution < 1.29 is 27.7 Å². The van der Waals surface area contributed by atoms with Crippen LogP contribution in [0.15, 0.2) is 40.9 Å². The van der Waals surface area contributed by atoms with Crippen molar-refractivity contribution >= 4 is 27.7 Å². The molecular formula is C14H15N3O6S. The number of nitrogens with zero attached hydrogens (tertiary/aromatic N) is 1. The molecule has 0 saturated carbocycles. The maximum Gasteiger partial charge on any atom is 0.303 e. The Bertz CT molecular complexity index is 778. The first-order valence-electron chi connectivity index (χ1n) is 6.68. The lowest BCUT2D eigenvalue weighted by Crippen LogP contribution is -2.17. The first-order chi connectivity index (χ1) is 11.2. The van der Waals surface area contributed by atoms with E-state index in [0.29, 0.717) is 6.42 Å². The Labute approximate surface area is 138 Å². The molecule has 10 heteroatoms. The summed E-state index contributed by atoms with van der Waals surface area (Å²) in [6.07, 6.45) is 1.47. The number of nitrogens with one attached hydrogen (secondary N) is 2. The fraction of sp³-hybridized carbons (Fsp3) is 0.214. The molecule has 0 aliphatic heterocycles. The van der Waals surface area contributed by atoms with Crippen LogP contribution in [0.1, 0.15) is 12.8 Å².